The number of carbonyl (C=O) groups excluding carboxylic acids is 1. The molecule has 8 nitrogen and oxygen atoms in total. The Morgan fingerprint density at radius 3 is 2.45 bits per heavy atom. The van der Waals surface area contributed by atoms with E-state index in [9.17, 15) is 23.3 Å². The highest BCUT2D eigenvalue weighted by Crippen LogP contribution is 2.35. The number of sulfone groups is 1. The topological polar surface area (TPSA) is 101 Å². The number of amides is 1. The first-order chi connectivity index (χ1) is 13.7. The van der Waals surface area contributed by atoms with Crippen molar-refractivity contribution >= 4 is 27.1 Å². The van der Waals surface area contributed by atoms with Crippen molar-refractivity contribution < 1.29 is 18.1 Å². The highest BCUT2D eigenvalue weighted by molar-refractivity contribution is 7.90. The number of carbonyl (C=O) groups is 1. The van der Waals surface area contributed by atoms with Crippen LogP contribution in [0.25, 0.3) is 0 Å². The van der Waals surface area contributed by atoms with E-state index in [1.807, 2.05) is 25.1 Å². The van der Waals surface area contributed by atoms with Gasteiger partial charge in [0.15, 0.2) is 9.84 Å². The molecule has 1 saturated heterocycles. The van der Waals surface area contributed by atoms with Gasteiger partial charge in [-0.1, -0.05) is 23.8 Å². The first-order valence-electron chi connectivity index (χ1n) is 9.27. The third kappa shape index (κ3) is 4.56. The minimum absolute atomic E-state index is 0.0741. The Labute approximate surface area is 169 Å². The summed E-state index contributed by atoms with van der Waals surface area (Å²) < 4.78 is 24.0. The second-order valence-corrected chi connectivity index (χ2v) is 9.14. The normalized spacial score (nSPS) is 15.1. The van der Waals surface area contributed by atoms with E-state index in [4.69, 9.17) is 0 Å². The van der Waals surface area contributed by atoms with Gasteiger partial charge in [0.05, 0.1) is 4.92 Å². The van der Waals surface area contributed by atoms with E-state index in [0.717, 1.165) is 11.8 Å². The Bertz CT molecular complexity index is 1050. The SMILES string of the molecule is Cc1cccc(C(=O)N2CCCN(c3cccc(S(C)(=O)=O)c3[N+](=O)[O-])CC2)c1. The summed E-state index contributed by atoms with van der Waals surface area (Å²) in [4.78, 5) is 27.1. The molecule has 0 N–H and O–H groups in total. The fourth-order valence-electron chi connectivity index (χ4n) is 3.57. The van der Waals surface area contributed by atoms with E-state index in [2.05, 4.69) is 0 Å². The zero-order valence-electron chi connectivity index (χ0n) is 16.4. The number of benzene rings is 2. The summed E-state index contributed by atoms with van der Waals surface area (Å²) in [6.45, 7) is 3.72. The molecule has 0 bridgehead atoms. The van der Waals surface area contributed by atoms with Crippen molar-refractivity contribution in [1.29, 1.82) is 0 Å². The van der Waals surface area contributed by atoms with Crippen molar-refractivity contribution in [2.24, 2.45) is 0 Å². The van der Waals surface area contributed by atoms with Gasteiger partial charge in [-0.05, 0) is 37.6 Å². The number of hydrogen-bond donors (Lipinski definition) is 0. The molecule has 1 aliphatic heterocycles. The van der Waals surface area contributed by atoms with Gasteiger partial charge in [0.2, 0.25) is 0 Å². The number of para-hydroxylation sites is 1. The Hall–Kier alpha value is -2.94. The van der Waals surface area contributed by atoms with Crippen molar-refractivity contribution in [1.82, 2.24) is 4.90 Å². The van der Waals surface area contributed by atoms with Gasteiger partial charge in [-0.15, -0.1) is 0 Å². The molecule has 2 aromatic rings. The number of aryl methyl sites for hydroxylation is 1. The first kappa shape index (κ1) is 20.8. The molecule has 0 radical (unpaired) electrons. The number of anilines is 1. The smallest absolute Gasteiger partial charge is 0.311 e. The van der Waals surface area contributed by atoms with Crippen molar-refractivity contribution in [2.45, 2.75) is 18.2 Å². The molecule has 154 valence electrons. The highest BCUT2D eigenvalue weighted by atomic mass is 32.2. The second kappa shape index (κ2) is 8.20. The molecule has 9 heteroatoms. The fourth-order valence-corrected chi connectivity index (χ4v) is 4.43. The Balaban J connectivity index is 1.86. The zero-order chi connectivity index (χ0) is 21.2. The number of hydrogen-bond acceptors (Lipinski definition) is 6. The number of nitro groups is 1. The minimum atomic E-state index is -3.75. The van der Waals surface area contributed by atoms with E-state index in [1.165, 1.54) is 12.1 Å². The molecule has 29 heavy (non-hydrogen) atoms. The monoisotopic (exact) mass is 417 g/mol. The van der Waals surface area contributed by atoms with Gasteiger partial charge in [0.25, 0.3) is 5.91 Å². The summed E-state index contributed by atoms with van der Waals surface area (Å²) in [5.41, 5.74) is 1.47. The quantitative estimate of drug-likeness (QED) is 0.560. The van der Waals surface area contributed by atoms with Crippen molar-refractivity contribution in [2.75, 3.05) is 37.3 Å². The van der Waals surface area contributed by atoms with Crippen LogP contribution in [0.3, 0.4) is 0 Å². The molecule has 0 unspecified atom stereocenters. The van der Waals surface area contributed by atoms with Crippen LogP contribution >= 0.6 is 0 Å². The molecule has 0 saturated carbocycles. The summed E-state index contributed by atoms with van der Waals surface area (Å²) in [6, 6.07) is 11.7. The van der Waals surface area contributed by atoms with E-state index in [0.29, 0.717) is 38.2 Å². The average Bonchev–Trinajstić information content (AvgIpc) is 2.92. The van der Waals surface area contributed by atoms with E-state index in [1.54, 1.807) is 21.9 Å². The van der Waals surface area contributed by atoms with Crippen molar-refractivity contribution in [3.8, 4) is 0 Å². The summed E-state index contributed by atoms with van der Waals surface area (Å²) in [5, 5.41) is 11.7. The zero-order valence-corrected chi connectivity index (χ0v) is 17.2. The predicted octanol–water partition coefficient (Wildman–Crippen LogP) is 2.66. The number of nitrogens with zero attached hydrogens (tertiary/aromatic N) is 3. The lowest BCUT2D eigenvalue weighted by atomic mass is 10.1. The van der Waals surface area contributed by atoms with Crippen LogP contribution in [0.15, 0.2) is 47.4 Å². The first-order valence-corrected chi connectivity index (χ1v) is 11.2. The molecule has 1 heterocycles. The summed E-state index contributed by atoms with van der Waals surface area (Å²) in [7, 11) is -3.75. The van der Waals surface area contributed by atoms with Crippen LogP contribution in [0, 0.1) is 17.0 Å². The maximum absolute atomic E-state index is 12.8. The summed E-state index contributed by atoms with van der Waals surface area (Å²) in [6.07, 6.45) is 1.58. The van der Waals surface area contributed by atoms with Crippen molar-refractivity contribution in [3.05, 3.63) is 63.7 Å². The van der Waals surface area contributed by atoms with E-state index < -0.39 is 20.4 Å². The van der Waals surface area contributed by atoms with Crippen LogP contribution in [0.2, 0.25) is 0 Å². The molecule has 2 aromatic carbocycles. The molecule has 0 spiro atoms. The van der Waals surface area contributed by atoms with Crippen LogP contribution in [0.4, 0.5) is 11.4 Å². The second-order valence-electron chi connectivity index (χ2n) is 7.16. The largest absolute Gasteiger partial charge is 0.364 e. The van der Waals surface area contributed by atoms with Crippen LogP contribution in [0.1, 0.15) is 22.3 Å². The van der Waals surface area contributed by atoms with Gasteiger partial charge < -0.3 is 9.80 Å². The van der Waals surface area contributed by atoms with Crippen molar-refractivity contribution in [3.63, 3.8) is 0 Å². The van der Waals surface area contributed by atoms with Gasteiger partial charge in [-0.25, -0.2) is 8.42 Å². The lowest BCUT2D eigenvalue weighted by Crippen LogP contribution is -2.35. The maximum Gasteiger partial charge on any atom is 0.311 e. The Morgan fingerprint density at radius 1 is 1.07 bits per heavy atom. The van der Waals surface area contributed by atoms with Crippen LogP contribution in [0.5, 0.6) is 0 Å². The Morgan fingerprint density at radius 2 is 1.79 bits per heavy atom. The molecule has 1 aliphatic rings. The van der Waals surface area contributed by atoms with E-state index >= 15 is 0 Å². The van der Waals surface area contributed by atoms with Crippen LogP contribution in [-0.4, -0.2) is 56.6 Å². The van der Waals surface area contributed by atoms with E-state index in [-0.39, 0.29) is 16.5 Å². The fraction of sp³-hybridized carbons (Fsp3) is 0.350. The average molecular weight is 417 g/mol. The van der Waals surface area contributed by atoms with Crippen LogP contribution in [-0.2, 0) is 9.84 Å². The maximum atomic E-state index is 12.8. The minimum Gasteiger partial charge on any atom is -0.364 e. The van der Waals surface area contributed by atoms with Gasteiger partial charge in [-0.3, -0.25) is 14.9 Å². The number of rotatable bonds is 4. The molecular formula is C20H23N3O5S. The summed E-state index contributed by atoms with van der Waals surface area (Å²) in [5.74, 6) is -0.0741. The highest BCUT2D eigenvalue weighted by Gasteiger charge is 2.30. The molecule has 1 amide bonds. The van der Waals surface area contributed by atoms with Gasteiger partial charge in [-0.2, -0.15) is 0 Å². The van der Waals surface area contributed by atoms with Gasteiger partial charge in [0, 0.05) is 38.0 Å². The third-order valence-electron chi connectivity index (χ3n) is 4.95. The molecule has 0 atom stereocenters. The summed E-state index contributed by atoms with van der Waals surface area (Å²) >= 11 is 0. The van der Waals surface area contributed by atoms with Gasteiger partial charge >= 0.3 is 5.69 Å². The molecule has 3 rings (SSSR count). The predicted molar refractivity (Wildman–Crippen MR) is 110 cm³/mol. The lowest BCUT2D eigenvalue weighted by Gasteiger charge is -2.24. The molecule has 0 aliphatic carbocycles. The lowest BCUT2D eigenvalue weighted by molar-refractivity contribution is -0.387. The molecule has 0 aromatic heterocycles. The van der Waals surface area contributed by atoms with Crippen LogP contribution < -0.4 is 4.90 Å². The molecule has 1 fully saturated rings. The van der Waals surface area contributed by atoms with Gasteiger partial charge in [0.1, 0.15) is 10.6 Å². The third-order valence-corrected chi connectivity index (χ3v) is 6.08. The standard InChI is InChI=1S/C20H23N3O5S/c1-15-6-3-7-16(14-15)20(24)22-11-5-10-21(12-13-22)17-8-4-9-18(29(2,27)28)19(17)23(25)26/h3-4,6-9,14H,5,10-13H2,1-2H3. The molecular weight excluding hydrogens is 394 g/mol. The Kier molecular flexibility index (Phi) is 5.88. The number of nitro benzene ring substituents is 1.